The largest absolute Gasteiger partial charge is 0.348 e. The van der Waals surface area contributed by atoms with Crippen LogP contribution in [0, 0.1) is 13.8 Å². The standard InChI is InChI=1S/C31H30N2.BrH/c1-23-19-24(2)21-28(20-23)31-32(3)29(26-15-9-5-10-16-26)30(27-17-11-6-12-18-27)33(31)22-25-13-7-4-8-14-25;/h4-21,31H,22H2,1-3H3;1H. The van der Waals surface area contributed by atoms with Crippen LogP contribution >= 0.6 is 17.0 Å². The maximum Gasteiger partial charge on any atom is 0.128 e. The van der Waals surface area contributed by atoms with Gasteiger partial charge in [-0.3, -0.25) is 0 Å². The molecule has 0 amide bonds. The summed E-state index contributed by atoms with van der Waals surface area (Å²) < 4.78 is 0. The van der Waals surface area contributed by atoms with Crippen molar-refractivity contribution in [2.24, 2.45) is 0 Å². The SMILES string of the molecule is Br.Cc1cc(C)cc(C2N(C)C(c3ccccc3)=C(c3ccccc3)N2Cc2ccccc2)c1. The highest BCUT2D eigenvalue weighted by Crippen LogP contribution is 2.47. The summed E-state index contributed by atoms with van der Waals surface area (Å²) in [5, 5.41) is 0. The summed E-state index contributed by atoms with van der Waals surface area (Å²) in [4.78, 5) is 5.02. The predicted octanol–water partition coefficient (Wildman–Crippen LogP) is 7.85. The highest BCUT2D eigenvalue weighted by Gasteiger charge is 2.38. The summed E-state index contributed by atoms with van der Waals surface area (Å²) in [5.74, 6) is 0. The lowest BCUT2D eigenvalue weighted by atomic mass is 10.0. The Morgan fingerprint density at radius 1 is 0.618 bits per heavy atom. The summed E-state index contributed by atoms with van der Waals surface area (Å²) in [7, 11) is 2.23. The molecule has 34 heavy (non-hydrogen) atoms. The molecular formula is C31H31BrN2. The molecule has 0 bridgehead atoms. The molecule has 1 aliphatic heterocycles. The van der Waals surface area contributed by atoms with E-state index in [9.17, 15) is 0 Å². The first kappa shape index (κ1) is 23.8. The van der Waals surface area contributed by atoms with Crippen molar-refractivity contribution in [3.05, 3.63) is 143 Å². The van der Waals surface area contributed by atoms with Crippen molar-refractivity contribution in [3.8, 4) is 0 Å². The Labute approximate surface area is 213 Å². The first-order valence-electron chi connectivity index (χ1n) is 11.6. The molecule has 1 aliphatic rings. The summed E-state index contributed by atoms with van der Waals surface area (Å²) in [6.45, 7) is 5.22. The molecule has 5 rings (SSSR count). The van der Waals surface area contributed by atoms with Crippen LogP contribution < -0.4 is 0 Å². The minimum absolute atomic E-state index is 0. The Balaban J connectivity index is 0.00000274. The van der Waals surface area contributed by atoms with Gasteiger partial charge in [-0.2, -0.15) is 0 Å². The number of halogens is 1. The van der Waals surface area contributed by atoms with Gasteiger partial charge in [0.05, 0.1) is 11.4 Å². The summed E-state index contributed by atoms with van der Waals surface area (Å²) in [5.41, 5.74) is 10.3. The summed E-state index contributed by atoms with van der Waals surface area (Å²) in [6, 6.07) is 39.3. The molecule has 172 valence electrons. The quantitative estimate of drug-likeness (QED) is 0.269. The molecule has 0 radical (unpaired) electrons. The van der Waals surface area contributed by atoms with Gasteiger partial charge in [0.15, 0.2) is 0 Å². The maximum absolute atomic E-state index is 2.57. The molecule has 1 unspecified atom stereocenters. The van der Waals surface area contributed by atoms with Crippen molar-refractivity contribution in [3.63, 3.8) is 0 Å². The second kappa shape index (κ2) is 10.3. The van der Waals surface area contributed by atoms with E-state index in [0.717, 1.165) is 6.54 Å². The van der Waals surface area contributed by atoms with Crippen LogP contribution in [0.25, 0.3) is 11.4 Å². The van der Waals surface area contributed by atoms with Gasteiger partial charge < -0.3 is 9.80 Å². The van der Waals surface area contributed by atoms with Crippen LogP contribution in [0.4, 0.5) is 0 Å². The van der Waals surface area contributed by atoms with Gasteiger partial charge >= 0.3 is 0 Å². The molecule has 4 aromatic rings. The number of hydrogen-bond acceptors (Lipinski definition) is 2. The monoisotopic (exact) mass is 510 g/mol. The topological polar surface area (TPSA) is 6.48 Å². The van der Waals surface area contributed by atoms with E-state index in [-0.39, 0.29) is 23.1 Å². The second-order valence-corrected chi connectivity index (χ2v) is 8.95. The molecule has 0 saturated heterocycles. The van der Waals surface area contributed by atoms with Gasteiger partial charge in [0.1, 0.15) is 6.17 Å². The van der Waals surface area contributed by atoms with E-state index in [1.54, 1.807) is 0 Å². The van der Waals surface area contributed by atoms with E-state index in [1.165, 1.54) is 44.8 Å². The van der Waals surface area contributed by atoms with Crippen molar-refractivity contribution in [1.29, 1.82) is 0 Å². The number of aryl methyl sites for hydroxylation is 2. The van der Waals surface area contributed by atoms with Gasteiger partial charge in [-0.15, -0.1) is 17.0 Å². The van der Waals surface area contributed by atoms with Crippen LogP contribution in [0.3, 0.4) is 0 Å². The number of rotatable bonds is 5. The fourth-order valence-corrected chi connectivity index (χ4v) is 5.10. The van der Waals surface area contributed by atoms with Crippen molar-refractivity contribution >= 4 is 28.4 Å². The third kappa shape index (κ3) is 4.67. The fourth-order valence-electron chi connectivity index (χ4n) is 5.10. The van der Waals surface area contributed by atoms with Gasteiger partial charge in [-0.25, -0.2) is 0 Å². The Morgan fingerprint density at radius 2 is 1.09 bits per heavy atom. The zero-order valence-corrected chi connectivity index (χ0v) is 21.7. The second-order valence-electron chi connectivity index (χ2n) is 8.95. The molecule has 1 atom stereocenters. The van der Waals surface area contributed by atoms with Crippen LogP contribution in [0.2, 0.25) is 0 Å². The Morgan fingerprint density at radius 3 is 1.62 bits per heavy atom. The molecule has 0 saturated carbocycles. The fraction of sp³-hybridized carbons (Fsp3) is 0.161. The lowest BCUT2D eigenvalue weighted by molar-refractivity contribution is 0.186. The average molecular weight is 512 g/mol. The highest BCUT2D eigenvalue weighted by atomic mass is 79.9. The molecule has 0 aromatic heterocycles. The molecule has 0 aliphatic carbocycles. The normalized spacial score (nSPS) is 15.4. The van der Waals surface area contributed by atoms with Crippen molar-refractivity contribution < 1.29 is 0 Å². The van der Waals surface area contributed by atoms with Crippen molar-refractivity contribution in [1.82, 2.24) is 9.80 Å². The van der Waals surface area contributed by atoms with Crippen LogP contribution in [0.15, 0.2) is 109 Å². The van der Waals surface area contributed by atoms with Crippen LogP contribution in [0.5, 0.6) is 0 Å². The molecule has 0 spiro atoms. The first-order valence-corrected chi connectivity index (χ1v) is 11.6. The molecular weight excluding hydrogens is 480 g/mol. The van der Waals surface area contributed by atoms with Gasteiger partial charge in [-0.1, -0.05) is 120 Å². The predicted molar refractivity (Wildman–Crippen MR) is 148 cm³/mol. The van der Waals surface area contributed by atoms with Gasteiger partial charge in [0.2, 0.25) is 0 Å². The molecule has 0 fully saturated rings. The lowest BCUT2D eigenvalue weighted by Crippen LogP contribution is -2.30. The number of benzene rings is 4. The third-order valence-corrected chi connectivity index (χ3v) is 6.36. The van der Waals surface area contributed by atoms with E-state index < -0.39 is 0 Å². The summed E-state index contributed by atoms with van der Waals surface area (Å²) in [6.07, 6.45) is 0.106. The maximum atomic E-state index is 2.57. The molecule has 4 aromatic carbocycles. The zero-order chi connectivity index (χ0) is 22.8. The molecule has 2 nitrogen and oxygen atoms in total. The van der Waals surface area contributed by atoms with Gasteiger partial charge in [0.25, 0.3) is 0 Å². The molecule has 1 heterocycles. The highest BCUT2D eigenvalue weighted by molar-refractivity contribution is 8.93. The van der Waals surface area contributed by atoms with Gasteiger partial charge in [0, 0.05) is 24.7 Å². The Hall–Kier alpha value is -3.30. The third-order valence-electron chi connectivity index (χ3n) is 6.36. The zero-order valence-electron chi connectivity index (χ0n) is 20.0. The number of nitrogens with zero attached hydrogens (tertiary/aromatic N) is 2. The number of hydrogen-bond donors (Lipinski definition) is 0. The minimum Gasteiger partial charge on any atom is -0.348 e. The van der Waals surface area contributed by atoms with E-state index in [2.05, 4.69) is 140 Å². The molecule has 3 heteroatoms. The summed E-state index contributed by atoms with van der Waals surface area (Å²) >= 11 is 0. The lowest BCUT2D eigenvalue weighted by Gasteiger charge is -2.34. The Bertz CT molecular complexity index is 1250. The first-order chi connectivity index (χ1) is 16.1. The van der Waals surface area contributed by atoms with Gasteiger partial charge in [-0.05, 0) is 25.0 Å². The van der Waals surface area contributed by atoms with E-state index in [4.69, 9.17) is 0 Å². The Kier molecular flexibility index (Phi) is 7.23. The average Bonchev–Trinajstić information content (AvgIpc) is 3.11. The van der Waals surface area contributed by atoms with Crippen molar-refractivity contribution in [2.45, 2.75) is 26.6 Å². The van der Waals surface area contributed by atoms with E-state index >= 15 is 0 Å². The van der Waals surface area contributed by atoms with Crippen molar-refractivity contribution in [2.75, 3.05) is 7.05 Å². The van der Waals surface area contributed by atoms with E-state index in [0.29, 0.717) is 0 Å². The van der Waals surface area contributed by atoms with Crippen LogP contribution in [0.1, 0.15) is 39.5 Å². The smallest absolute Gasteiger partial charge is 0.128 e. The van der Waals surface area contributed by atoms with Crippen LogP contribution in [-0.4, -0.2) is 16.8 Å². The molecule has 0 N–H and O–H groups in total. The van der Waals surface area contributed by atoms with E-state index in [1.807, 2.05) is 0 Å². The minimum atomic E-state index is 0. The van der Waals surface area contributed by atoms with Crippen LogP contribution in [-0.2, 0) is 6.54 Å².